The number of nitrogens with zero attached hydrogens (tertiary/aromatic N) is 4. The number of anilines is 1. The Bertz CT molecular complexity index is 564. The van der Waals surface area contributed by atoms with Crippen LogP contribution in [0.15, 0.2) is 12.7 Å². The van der Waals surface area contributed by atoms with Gasteiger partial charge in [-0.15, -0.1) is 0 Å². The van der Waals surface area contributed by atoms with Gasteiger partial charge in [-0.25, -0.2) is 15.0 Å². The summed E-state index contributed by atoms with van der Waals surface area (Å²) in [6.07, 6.45) is 5.29. The van der Waals surface area contributed by atoms with Crippen molar-refractivity contribution in [1.82, 2.24) is 24.8 Å². The molecule has 0 aliphatic carbocycles. The van der Waals surface area contributed by atoms with Crippen molar-refractivity contribution in [2.75, 3.05) is 12.3 Å². The molecule has 0 spiro atoms. The molecule has 2 aromatic rings. The van der Waals surface area contributed by atoms with Crippen LogP contribution < -0.4 is 11.1 Å². The number of imidazole rings is 1. The Morgan fingerprint density at radius 2 is 2.26 bits per heavy atom. The maximum Gasteiger partial charge on any atom is 0.220 e. The molecule has 7 nitrogen and oxygen atoms in total. The number of nitrogens with two attached hydrogens (primary N) is 1. The molecule has 0 radical (unpaired) electrons. The fourth-order valence-corrected chi connectivity index (χ4v) is 1.83. The second-order valence-electron chi connectivity index (χ2n) is 4.32. The first-order chi connectivity index (χ1) is 9.22. The summed E-state index contributed by atoms with van der Waals surface area (Å²) in [5.74, 6) is 0.463. The molecule has 0 saturated carbocycles. The SMILES string of the molecule is CCCNC(=O)CCCn1cnc2c(N)ncnc21. The summed E-state index contributed by atoms with van der Waals surface area (Å²) < 4.78 is 1.89. The van der Waals surface area contributed by atoms with Crippen molar-refractivity contribution in [2.24, 2.45) is 0 Å². The molecule has 2 heterocycles. The number of nitrogens with one attached hydrogen (secondary N) is 1. The zero-order valence-corrected chi connectivity index (χ0v) is 11.0. The van der Waals surface area contributed by atoms with Gasteiger partial charge in [0.05, 0.1) is 6.33 Å². The van der Waals surface area contributed by atoms with Crippen molar-refractivity contribution in [3.8, 4) is 0 Å². The number of rotatable bonds is 6. The van der Waals surface area contributed by atoms with E-state index < -0.39 is 0 Å². The van der Waals surface area contributed by atoms with Gasteiger partial charge in [0, 0.05) is 19.5 Å². The van der Waals surface area contributed by atoms with Crippen LogP contribution in [0.3, 0.4) is 0 Å². The van der Waals surface area contributed by atoms with Gasteiger partial charge in [-0.2, -0.15) is 0 Å². The van der Waals surface area contributed by atoms with Gasteiger partial charge < -0.3 is 15.6 Å². The van der Waals surface area contributed by atoms with Gasteiger partial charge in [-0.05, 0) is 12.8 Å². The van der Waals surface area contributed by atoms with E-state index in [4.69, 9.17) is 5.73 Å². The maximum atomic E-state index is 11.5. The van der Waals surface area contributed by atoms with E-state index in [0.29, 0.717) is 29.9 Å². The minimum atomic E-state index is 0.0837. The zero-order chi connectivity index (χ0) is 13.7. The smallest absolute Gasteiger partial charge is 0.220 e. The lowest BCUT2D eigenvalue weighted by atomic mass is 10.3. The van der Waals surface area contributed by atoms with Crippen molar-refractivity contribution < 1.29 is 4.79 Å². The summed E-state index contributed by atoms with van der Waals surface area (Å²) in [7, 11) is 0. The predicted molar refractivity (Wildman–Crippen MR) is 72.3 cm³/mol. The Kier molecular flexibility index (Phi) is 4.27. The third kappa shape index (κ3) is 3.18. The highest BCUT2D eigenvalue weighted by Crippen LogP contribution is 2.14. The van der Waals surface area contributed by atoms with Crippen molar-refractivity contribution in [3.05, 3.63) is 12.7 Å². The van der Waals surface area contributed by atoms with E-state index in [0.717, 1.165) is 19.4 Å². The Morgan fingerprint density at radius 3 is 3.05 bits per heavy atom. The van der Waals surface area contributed by atoms with Gasteiger partial charge in [-0.3, -0.25) is 4.79 Å². The Hall–Kier alpha value is -2.18. The number of hydrogen-bond acceptors (Lipinski definition) is 5. The van der Waals surface area contributed by atoms with Crippen LogP contribution in [0.5, 0.6) is 0 Å². The lowest BCUT2D eigenvalue weighted by Crippen LogP contribution is -2.23. The van der Waals surface area contributed by atoms with E-state index in [-0.39, 0.29) is 5.91 Å². The van der Waals surface area contributed by atoms with E-state index in [1.165, 1.54) is 6.33 Å². The van der Waals surface area contributed by atoms with Gasteiger partial charge >= 0.3 is 0 Å². The van der Waals surface area contributed by atoms with Crippen LogP contribution in [0.1, 0.15) is 26.2 Å². The first kappa shape index (κ1) is 13.3. The largest absolute Gasteiger partial charge is 0.382 e. The molecule has 2 aromatic heterocycles. The third-order valence-corrected chi connectivity index (χ3v) is 2.80. The van der Waals surface area contributed by atoms with Crippen LogP contribution in [0, 0.1) is 0 Å². The summed E-state index contributed by atoms with van der Waals surface area (Å²) in [4.78, 5) is 23.7. The first-order valence-electron chi connectivity index (χ1n) is 6.40. The van der Waals surface area contributed by atoms with Crippen molar-refractivity contribution in [2.45, 2.75) is 32.7 Å². The molecule has 19 heavy (non-hydrogen) atoms. The van der Waals surface area contributed by atoms with Crippen LogP contribution in [0.25, 0.3) is 11.2 Å². The summed E-state index contributed by atoms with van der Waals surface area (Å²) in [5.41, 5.74) is 7.03. The quantitative estimate of drug-likeness (QED) is 0.799. The summed E-state index contributed by atoms with van der Waals surface area (Å²) in [5, 5.41) is 2.85. The summed E-state index contributed by atoms with van der Waals surface area (Å²) in [6.45, 7) is 3.45. The Labute approximate surface area is 111 Å². The average Bonchev–Trinajstić information content (AvgIpc) is 2.81. The van der Waals surface area contributed by atoms with Gasteiger partial charge in [-0.1, -0.05) is 6.92 Å². The van der Waals surface area contributed by atoms with Crippen LogP contribution in [-0.4, -0.2) is 32.0 Å². The maximum absolute atomic E-state index is 11.5. The van der Waals surface area contributed by atoms with Crippen LogP contribution in [0.2, 0.25) is 0 Å². The van der Waals surface area contributed by atoms with Crippen molar-refractivity contribution in [1.29, 1.82) is 0 Å². The third-order valence-electron chi connectivity index (χ3n) is 2.80. The van der Waals surface area contributed by atoms with E-state index in [1.54, 1.807) is 6.33 Å². The molecule has 3 N–H and O–H groups in total. The number of carbonyl (C=O) groups excluding carboxylic acids is 1. The van der Waals surface area contributed by atoms with Crippen LogP contribution >= 0.6 is 0 Å². The molecule has 0 saturated heterocycles. The highest BCUT2D eigenvalue weighted by atomic mass is 16.1. The molecule has 0 unspecified atom stereocenters. The van der Waals surface area contributed by atoms with Gasteiger partial charge in [0.2, 0.25) is 5.91 Å². The molecule has 0 aromatic carbocycles. The second-order valence-corrected chi connectivity index (χ2v) is 4.32. The normalized spacial score (nSPS) is 10.8. The van der Waals surface area contributed by atoms with Gasteiger partial charge in [0.1, 0.15) is 11.8 Å². The average molecular weight is 262 g/mol. The monoisotopic (exact) mass is 262 g/mol. The van der Waals surface area contributed by atoms with Crippen molar-refractivity contribution in [3.63, 3.8) is 0 Å². The minimum Gasteiger partial charge on any atom is -0.382 e. The molecule has 0 aliphatic heterocycles. The summed E-state index contributed by atoms with van der Waals surface area (Å²) >= 11 is 0. The molecular weight excluding hydrogens is 244 g/mol. The standard InChI is InChI=1S/C12H18N6O/c1-2-5-14-9(19)4-3-6-18-8-17-10-11(13)15-7-16-12(10)18/h7-8H,2-6H2,1H3,(H,14,19)(H2,13,15,16). The van der Waals surface area contributed by atoms with Gasteiger partial charge in [0.15, 0.2) is 11.5 Å². The molecule has 0 fully saturated rings. The lowest BCUT2D eigenvalue weighted by Gasteiger charge is -2.05. The van der Waals surface area contributed by atoms with Crippen molar-refractivity contribution >= 4 is 22.9 Å². The molecule has 7 heteroatoms. The highest BCUT2D eigenvalue weighted by molar-refractivity contribution is 5.81. The number of aromatic nitrogens is 4. The first-order valence-corrected chi connectivity index (χ1v) is 6.40. The number of carbonyl (C=O) groups is 1. The molecule has 2 rings (SSSR count). The van der Waals surface area contributed by atoms with E-state index >= 15 is 0 Å². The second kappa shape index (κ2) is 6.12. The summed E-state index contributed by atoms with van der Waals surface area (Å²) in [6, 6.07) is 0. The number of aryl methyl sites for hydroxylation is 1. The fraction of sp³-hybridized carbons (Fsp3) is 0.500. The van der Waals surface area contributed by atoms with Crippen LogP contribution in [-0.2, 0) is 11.3 Å². The number of fused-ring (bicyclic) bond motifs is 1. The molecule has 1 amide bonds. The molecule has 102 valence electrons. The lowest BCUT2D eigenvalue weighted by molar-refractivity contribution is -0.121. The Balaban J connectivity index is 1.92. The number of amides is 1. The predicted octanol–water partition coefficient (Wildman–Crippen LogP) is 0.715. The zero-order valence-electron chi connectivity index (χ0n) is 11.0. The Morgan fingerprint density at radius 1 is 1.42 bits per heavy atom. The molecular formula is C12H18N6O. The molecule has 0 atom stereocenters. The number of hydrogen-bond donors (Lipinski definition) is 2. The fourth-order valence-electron chi connectivity index (χ4n) is 1.83. The van der Waals surface area contributed by atoms with E-state index in [2.05, 4.69) is 20.3 Å². The number of nitrogen functional groups attached to an aromatic ring is 1. The minimum absolute atomic E-state index is 0.0837. The topological polar surface area (TPSA) is 98.7 Å². The van der Waals surface area contributed by atoms with Gasteiger partial charge in [0.25, 0.3) is 0 Å². The molecule has 0 bridgehead atoms. The van der Waals surface area contributed by atoms with E-state index in [1.807, 2.05) is 11.5 Å². The highest BCUT2D eigenvalue weighted by Gasteiger charge is 2.08. The molecule has 0 aliphatic rings. The van der Waals surface area contributed by atoms with E-state index in [9.17, 15) is 4.79 Å². The van der Waals surface area contributed by atoms with Crippen LogP contribution in [0.4, 0.5) is 5.82 Å².